The summed E-state index contributed by atoms with van der Waals surface area (Å²) in [6, 6.07) is 21.3. The maximum Gasteiger partial charge on any atom is 0.304 e. The summed E-state index contributed by atoms with van der Waals surface area (Å²) in [5, 5.41) is 2.86. The Morgan fingerprint density at radius 1 is 1.00 bits per heavy atom. The smallest absolute Gasteiger partial charge is 0.304 e. The van der Waals surface area contributed by atoms with Crippen LogP contribution >= 0.6 is 0 Å². The molecular weight excluding hydrogens is 381 g/mol. The summed E-state index contributed by atoms with van der Waals surface area (Å²) in [6.45, 7) is 1.99. The zero-order valence-corrected chi connectivity index (χ0v) is 16.4. The zero-order chi connectivity index (χ0) is 21.1. The van der Waals surface area contributed by atoms with Crippen molar-refractivity contribution in [2.75, 3.05) is 0 Å². The average Bonchev–Trinajstić information content (AvgIpc) is 3.05. The van der Waals surface area contributed by atoms with Crippen molar-refractivity contribution in [1.29, 1.82) is 0 Å². The molecule has 3 aromatic carbocycles. The van der Waals surface area contributed by atoms with Crippen LogP contribution in [0, 0.1) is 12.7 Å². The molecule has 0 aromatic heterocycles. The number of carbonyl (C=O) groups excluding carboxylic acids is 2. The highest BCUT2D eigenvalue weighted by atomic mass is 19.1. The highest BCUT2D eigenvalue weighted by Crippen LogP contribution is 2.26. The van der Waals surface area contributed by atoms with Gasteiger partial charge >= 0.3 is 5.91 Å². The predicted octanol–water partition coefficient (Wildman–Crippen LogP) is 3.15. The van der Waals surface area contributed by atoms with Gasteiger partial charge in [0.2, 0.25) is 12.3 Å². The highest BCUT2D eigenvalue weighted by molar-refractivity contribution is 5.98. The number of hydrazine groups is 1. The molecule has 1 fully saturated rings. The number of halogens is 1. The Morgan fingerprint density at radius 3 is 2.33 bits per heavy atom. The van der Waals surface area contributed by atoms with Crippen molar-refractivity contribution < 1.29 is 18.7 Å². The van der Waals surface area contributed by atoms with Crippen molar-refractivity contribution in [3.8, 4) is 0 Å². The standard InChI is InChI=1S/C24H20FN3O2/c1-16-7-11-18(12-8-16)22-21(26-23(29)19-5-3-2-4-6-19)24(30)27-28(22)15-17-9-13-20(25)14-10-17/h2-15,21-22H,1H3,(H-,26,27,29,30)/p+1/b28-15-/t21-,22+/m1/s1. The van der Waals surface area contributed by atoms with Gasteiger partial charge in [0.1, 0.15) is 5.82 Å². The largest absolute Gasteiger partial charge is 0.334 e. The fourth-order valence-corrected chi connectivity index (χ4v) is 3.47. The molecular formula is C24H21FN3O2+. The first-order valence-electron chi connectivity index (χ1n) is 9.63. The van der Waals surface area contributed by atoms with Gasteiger partial charge in [0.05, 0.1) is 0 Å². The number of benzene rings is 3. The third-order valence-corrected chi connectivity index (χ3v) is 5.04. The van der Waals surface area contributed by atoms with E-state index in [-0.39, 0.29) is 17.6 Å². The van der Waals surface area contributed by atoms with Crippen LogP contribution in [0.2, 0.25) is 0 Å². The number of nitrogens with zero attached hydrogens (tertiary/aromatic N) is 1. The molecule has 3 aromatic rings. The van der Waals surface area contributed by atoms with Crippen LogP contribution in [-0.2, 0) is 4.79 Å². The molecule has 1 aliphatic heterocycles. The van der Waals surface area contributed by atoms with Crippen molar-refractivity contribution in [3.05, 3.63) is 107 Å². The van der Waals surface area contributed by atoms with Crippen molar-refractivity contribution >= 4 is 18.0 Å². The van der Waals surface area contributed by atoms with E-state index < -0.39 is 12.1 Å². The van der Waals surface area contributed by atoms with Gasteiger partial charge in [-0.3, -0.25) is 9.59 Å². The van der Waals surface area contributed by atoms with Gasteiger partial charge in [-0.15, -0.1) is 10.1 Å². The topological polar surface area (TPSA) is 61.2 Å². The third-order valence-electron chi connectivity index (χ3n) is 5.04. The van der Waals surface area contributed by atoms with Gasteiger partial charge in [-0.25, -0.2) is 4.39 Å². The lowest BCUT2D eigenvalue weighted by Gasteiger charge is -2.15. The summed E-state index contributed by atoms with van der Waals surface area (Å²) in [5.74, 6) is -0.972. The quantitative estimate of drug-likeness (QED) is 0.659. The predicted molar refractivity (Wildman–Crippen MR) is 112 cm³/mol. The molecule has 150 valence electrons. The molecule has 1 aliphatic rings. The second-order valence-corrected chi connectivity index (χ2v) is 7.24. The molecule has 2 atom stereocenters. The second-order valence-electron chi connectivity index (χ2n) is 7.24. The number of hydrogen-bond acceptors (Lipinski definition) is 2. The summed E-state index contributed by atoms with van der Waals surface area (Å²) in [4.78, 5) is 25.5. The number of aryl methyl sites for hydroxylation is 1. The first-order valence-corrected chi connectivity index (χ1v) is 9.63. The number of hydrogen-bond donors (Lipinski definition) is 2. The van der Waals surface area contributed by atoms with Crippen molar-refractivity contribution in [2.45, 2.75) is 19.0 Å². The van der Waals surface area contributed by atoms with Crippen LogP contribution in [0.3, 0.4) is 0 Å². The molecule has 0 unspecified atom stereocenters. The summed E-state index contributed by atoms with van der Waals surface area (Å²) in [7, 11) is 0. The van der Waals surface area contributed by atoms with E-state index in [1.807, 2.05) is 37.3 Å². The number of carbonyl (C=O) groups is 2. The van der Waals surface area contributed by atoms with Gasteiger partial charge in [0.15, 0.2) is 6.04 Å². The molecule has 5 nitrogen and oxygen atoms in total. The van der Waals surface area contributed by atoms with E-state index in [2.05, 4.69) is 10.7 Å². The van der Waals surface area contributed by atoms with Crippen LogP contribution in [0.5, 0.6) is 0 Å². The number of hydrazone groups is 1. The van der Waals surface area contributed by atoms with Gasteiger partial charge in [-0.05, 0) is 43.3 Å². The van der Waals surface area contributed by atoms with Crippen molar-refractivity contribution in [1.82, 2.24) is 10.7 Å². The fourth-order valence-electron chi connectivity index (χ4n) is 3.47. The van der Waals surface area contributed by atoms with Crippen molar-refractivity contribution in [2.24, 2.45) is 0 Å². The Balaban J connectivity index is 1.70. The summed E-state index contributed by atoms with van der Waals surface area (Å²) < 4.78 is 14.9. The summed E-state index contributed by atoms with van der Waals surface area (Å²) in [5.41, 5.74) is 5.99. The lowest BCUT2D eigenvalue weighted by Crippen LogP contribution is -2.42. The SMILES string of the molecule is Cc1ccc([C@H]2[C@@H](NC(=O)c3ccccc3)C(=O)N/[N+]2=C\c2ccc(F)cc2)cc1. The van der Waals surface area contributed by atoms with E-state index in [1.165, 1.54) is 12.1 Å². The molecule has 0 radical (unpaired) electrons. The minimum atomic E-state index is -0.794. The Morgan fingerprint density at radius 2 is 1.67 bits per heavy atom. The van der Waals surface area contributed by atoms with Crippen LogP contribution in [0.25, 0.3) is 0 Å². The normalized spacial score (nSPS) is 19.5. The molecule has 2 amide bonds. The maximum atomic E-state index is 13.3. The minimum Gasteiger partial charge on any atom is -0.334 e. The summed E-state index contributed by atoms with van der Waals surface area (Å²) in [6.07, 6.45) is 1.73. The van der Waals surface area contributed by atoms with E-state index in [0.717, 1.165) is 16.7 Å². The van der Waals surface area contributed by atoms with E-state index in [0.29, 0.717) is 5.56 Å². The minimum absolute atomic E-state index is 0.316. The average molecular weight is 402 g/mol. The molecule has 0 aliphatic carbocycles. The van der Waals surface area contributed by atoms with Crippen molar-refractivity contribution in [3.63, 3.8) is 0 Å². The van der Waals surface area contributed by atoms with E-state index in [4.69, 9.17) is 0 Å². The van der Waals surface area contributed by atoms with Crippen LogP contribution in [0.1, 0.15) is 33.1 Å². The molecule has 1 saturated heterocycles. The Bertz CT molecular complexity index is 1090. The van der Waals surface area contributed by atoms with Crippen LogP contribution in [-0.4, -0.2) is 28.8 Å². The molecule has 30 heavy (non-hydrogen) atoms. The molecule has 6 heteroatoms. The molecule has 2 N–H and O–H groups in total. The number of rotatable bonds is 4. The van der Waals surface area contributed by atoms with Crippen LogP contribution in [0.15, 0.2) is 78.9 Å². The van der Waals surface area contributed by atoms with Gasteiger partial charge in [-0.2, -0.15) is 0 Å². The molecule has 0 saturated carbocycles. The first-order chi connectivity index (χ1) is 14.5. The van der Waals surface area contributed by atoms with Crippen LogP contribution in [0.4, 0.5) is 4.39 Å². The Hall–Kier alpha value is -3.80. The first kappa shape index (κ1) is 19.5. The van der Waals surface area contributed by atoms with Crippen LogP contribution < -0.4 is 10.7 Å². The Kier molecular flexibility index (Phi) is 5.39. The fraction of sp³-hybridized carbons (Fsp3) is 0.125. The van der Waals surface area contributed by atoms with E-state index in [9.17, 15) is 14.0 Å². The Labute approximate surface area is 173 Å². The van der Waals surface area contributed by atoms with Gasteiger partial charge in [0.25, 0.3) is 5.91 Å². The highest BCUT2D eigenvalue weighted by Gasteiger charge is 2.47. The summed E-state index contributed by atoms with van der Waals surface area (Å²) >= 11 is 0. The maximum absolute atomic E-state index is 13.3. The number of nitrogens with one attached hydrogen (secondary N) is 2. The molecule has 0 bridgehead atoms. The molecule has 0 spiro atoms. The van der Waals surface area contributed by atoms with Gasteiger partial charge < -0.3 is 5.32 Å². The number of amides is 2. The molecule has 1 heterocycles. The van der Waals surface area contributed by atoms with E-state index in [1.54, 1.807) is 47.3 Å². The third kappa shape index (κ3) is 4.12. The lowest BCUT2D eigenvalue weighted by molar-refractivity contribution is -0.596. The molecule has 4 rings (SSSR count). The van der Waals surface area contributed by atoms with Gasteiger partial charge in [-0.1, -0.05) is 48.0 Å². The lowest BCUT2D eigenvalue weighted by atomic mass is 9.98. The van der Waals surface area contributed by atoms with E-state index >= 15 is 0 Å². The van der Waals surface area contributed by atoms with Gasteiger partial charge in [0, 0.05) is 16.7 Å². The zero-order valence-electron chi connectivity index (χ0n) is 16.4. The second kappa shape index (κ2) is 8.29. The monoisotopic (exact) mass is 402 g/mol.